The van der Waals surface area contributed by atoms with E-state index >= 15 is 0 Å². The summed E-state index contributed by atoms with van der Waals surface area (Å²) in [5.41, 5.74) is 0.721. The number of imide groups is 2. The number of carbonyl (C=O) groups excluding carboxylic acids is 5. The van der Waals surface area contributed by atoms with E-state index < -0.39 is 36.3 Å². The summed E-state index contributed by atoms with van der Waals surface area (Å²) in [7, 11) is 0. The number of nitrogens with zero attached hydrogens (tertiary/aromatic N) is 2. The largest absolute Gasteiger partial charge is 0.462 e. The summed E-state index contributed by atoms with van der Waals surface area (Å²) in [6, 6.07) is 4.99. The highest BCUT2D eigenvalue weighted by atomic mass is 16.5. The molecule has 0 radical (unpaired) electrons. The Labute approximate surface area is 161 Å². The molecule has 1 aliphatic carbocycles. The van der Waals surface area contributed by atoms with Gasteiger partial charge >= 0.3 is 23.8 Å². The van der Waals surface area contributed by atoms with Crippen molar-refractivity contribution in [2.45, 2.75) is 38.6 Å². The van der Waals surface area contributed by atoms with Gasteiger partial charge in [0.25, 0.3) is 0 Å². The predicted octanol–water partition coefficient (Wildman–Crippen LogP) is 1.54. The van der Waals surface area contributed by atoms with E-state index in [0.29, 0.717) is 29.0 Å². The maximum atomic E-state index is 12.5. The van der Waals surface area contributed by atoms with E-state index in [1.54, 1.807) is 6.92 Å². The molecule has 0 unspecified atom stereocenters. The minimum absolute atomic E-state index is 0.256. The summed E-state index contributed by atoms with van der Waals surface area (Å²) < 4.78 is 4.88. The van der Waals surface area contributed by atoms with Gasteiger partial charge in [0, 0.05) is 11.7 Å². The maximum Gasteiger partial charge on any atom is 0.338 e. The van der Waals surface area contributed by atoms with Gasteiger partial charge in [-0.25, -0.2) is 14.5 Å². The van der Waals surface area contributed by atoms with Crippen molar-refractivity contribution in [3.05, 3.63) is 29.8 Å². The summed E-state index contributed by atoms with van der Waals surface area (Å²) in [6.07, 6.45) is 3.16. The van der Waals surface area contributed by atoms with Gasteiger partial charge in [0.15, 0.2) is 0 Å². The standard InChI is InChI=1S/C19H21N3O6/c1-2-28-18(26)12-7-9-13(10-8-12)20-15(23)11-21-16(24)17(25)22(19(21)27)14-5-3-4-6-14/h7-10,14H,2-6,11H2,1H3,(H,20,23). The molecule has 0 atom stereocenters. The summed E-state index contributed by atoms with van der Waals surface area (Å²) in [5, 5.41) is 2.54. The van der Waals surface area contributed by atoms with Gasteiger partial charge in [-0.2, -0.15) is 0 Å². The maximum absolute atomic E-state index is 12.5. The van der Waals surface area contributed by atoms with Crippen LogP contribution in [0.4, 0.5) is 10.5 Å². The first-order valence-corrected chi connectivity index (χ1v) is 9.18. The quantitative estimate of drug-likeness (QED) is 0.450. The van der Waals surface area contributed by atoms with Crippen LogP contribution in [-0.4, -0.2) is 58.7 Å². The summed E-state index contributed by atoms with van der Waals surface area (Å²) in [4.78, 5) is 62.3. The number of carbonyl (C=O) groups is 5. The first-order chi connectivity index (χ1) is 13.4. The number of urea groups is 1. The Kier molecular flexibility index (Phi) is 5.72. The van der Waals surface area contributed by atoms with E-state index in [9.17, 15) is 24.0 Å². The third-order valence-electron chi connectivity index (χ3n) is 4.76. The minimum Gasteiger partial charge on any atom is -0.462 e. The monoisotopic (exact) mass is 387 g/mol. The van der Waals surface area contributed by atoms with E-state index in [0.717, 1.165) is 17.7 Å². The van der Waals surface area contributed by atoms with Gasteiger partial charge in [0.1, 0.15) is 6.54 Å². The van der Waals surface area contributed by atoms with Crippen LogP contribution in [0.2, 0.25) is 0 Å². The van der Waals surface area contributed by atoms with E-state index in [4.69, 9.17) is 4.74 Å². The molecule has 1 N–H and O–H groups in total. The highest BCUT2D eigenvalue weighted by Crippen LogP contribution is 2.27. The number of ether oxygens (including phenoxy) is 1. The van der Waals surface area contributed by atoms with Crippen LogP contribution in [0.15, 0.2) is 24.3 Å². The highest BCUT2D eigenvalue weighted by Gasteiger charge is 2.48. The lowest BCUT2D eigenvalue weighted by Crippen LogP contribution is -2.41. The predicted molar refractivity (Wildman–Crippen MR) is 97.2 cm³/mol. The molecule has 0 spiro atoms. The molecule has 5 amide bonds. The molecular weight excluding hydrogens is 366 g/mol. The van der Waals surface area contributed by atoms with Crippen LogP contribution in [0.1, 0.15) is 43.0 Å². The topological polar surface area (TPSA) is 113 Å². The number of esters is 1. The van der Waals surface area contributed by atoms with Gasteiger partial charge in [-0.1, -0.05) is 12.8 Å². The highest BCUT2D eigenvalue weighted by molar-refractivity contribution is 6.45. The van der Waals surface area contributed by atoms with Gasteiger partial charge < -0.3 is 10.1 Å². The molecular formula is C19H21N3O6. The van der Waals surface area contributed by atoms with E-state index in [1.165, 1.54) is 24.3 Å². The Balaban J connectivity index is 1.61. The van der Waals surface area contributed by atoms with Crippen LogP contribution in [0.25, 0.3) is 0 Å². The van der Waals surface area contributed by atoms with Crippen molar-refractivity contribution in [3.63, 3.8) is 0 Å². The summed E-state index contributed by atoms with van der Waals surface area (Å²) in [5.74, 6) is -2.95. The van der Waals surface area contributed by atoms with Gasteiger partial charge in [0.2, 0.25) is 5.91 Å². The fourth-order valence-electron chi connectivity index (χ4n) is 3.39. The lowest BCUT2D eigenvalue weighted by atomic mass is 10.2. The van der Waals surface area contributed by atoms with Gasteiger partial charge in [0.05, 0.1) is 12.2 Å². The molecule has 1 saturated carbocycles. The van der Waals surface area contributed by atoms with Crippen LogP contribution in [0.5, 0.6) is 0 Å². The molecule has 28 heavy (non-hydrogen) atoms. The van der Waals surface area contributed by atoms with E-state index in [-0.39, 0.29) is 12.6 Å². The fourth-order valence-corrected chi connectivity index (χ4v) is 3.39. The number of hydrogen-bond donors (Lipinski definition) is 1. The Hall–Kier alpha value is -3.23. The number of nitrogens with one attached hydrogen (secondary N) is 1. The average molecular weight is 387 g/mol. The van der Waals surface area contributed by atoms with E-state index in [1.807, 2.05) is 0 Å². The molecule has 1 aliphatic heterocycles. The van der Waals surface area contributed by atoms with Crippen LogP contribution in [0, 0.1) is 0 Å². The van der Waals surface area contributed by atoms with Crippen molar-refractivity contribution in [2.24, 2.45) is 0 Å². The lowest BCUT2D eigenvalue weighted by molar-refractivity contribution is -0.144. The fraction of sp³-hybridized carbons (Fsp3) is 0.421. The van der Waals surface area contributed by atoms with Crippen molar-refractivity contribution in [1.82, 2.24) is 9.80 Å². The average Bonchev–Trinajstić information content (AvgIpc) is 3.26. The number of amides is 5. The molecule has 3 rings (SSSR count). The summed E-state index contributed by atoms with van der Waals surface area (Å²) in [6.45, 7) is 1.41. The number of benzene rings is 1. The number of anilines is 1. The van der Waals surface area contributed by atoms with Crippen molar-refractivity contribution < 1.29 is 28.7 Å². The molecule has 1 heterocycles. The van der Waals surface area contributed by atoms with Crippen LogP contribution in [-0.2, 0) is 19.1 Å². The lowest BCUT2D eigenvalue weighted by Gasteiger charge is -2.20. The molecule has 1 saturated heterocycles. The second-order valence-electron chi connectivity index (χ2n) is 6.63. The smallest absolute Gasteiger partial charge is 0.338 e. The third-order valence-corrected chi connectivity index (χ3v) is 4.76. The molecule has 9 heteroatoms. The van der Waals surface area contributed by atoms with Crippen LogP contribution in [0.3, 0.4) is 0 Å². The van der Waals surface area contributed by atoms with Crippen molar-refractivity contribution in [1.29, 1.82) is 0 Å². The first-order valence-electron chi connectivity index (χ1n) is 9.18. The van der Waals surface area contributed by atoms with E-state index in [2.05, 4.69) is 5.32 Å². The molecule has 2 aliphatic rings. The molecule has 148 valence electrons. The van der Waals surface area contributed by atoms with Gasteiger partial charge in [-0.15, -0.1) is 0 Å². The second-order valence-corrected chi connectivity index (χ2v) is 6.63. The second kappa shape index (κ2) is 8.20. The number of hydrogen-bond acceptors (Lipinski definition) is 6. The normalized spacial score (nSPS) is 17.4. The Morgan fingerprint density at radius 2 is 1.71 bits per heavy atom. The summed E-state index contributed by atoms with van der Waals surface area (Å²) >= 11 is 0. The molecule has 2 fully saturated rings. The Morgan fingerprint density at radius 3 is 2.32 bits per heavy atom. The van der Waals surface area contributed by atoms with Crippen molar-refractivity contribution >= 4 is 35.4 Å². The zero-order chi connectivity index (χ0) is 20.3. The number of rotatable bonds is 6. The molecule has 9 nitrogen and oxygen atoms in total. The SMILES string of the molecule is CCOC(=O)c1ccc(NC(=O)CN2C(=O)C(=O)N(C3CCCC3)C2=O)cc1. The molecule has 0 bridgehead atoms. The third kappa shape index (κ3) is 3.88. The molecule has 1 aromatic carbocycles. The van der Waals surface area contributed by atoms with Gasteiger partial charge in [-0.05, 0) is 44.0 Å². The van der Waals surface area contributed by atoms with Crippen LogP contribution < -0.4 is 5.32 Å². The van der Waals surface area contributed by atoms with Crippen molar-refractivity contribution in [2.75, 3.05) is 18.5 Å². The zero-order valence-corrected chi connectivity index (χ0v) is 15.5. The zero-order valence-electron chi connectivity index (χ0n) is 15.5. The van der Waals surface area contributed by atoms with Crippen LogP contribution >= 0.6 is 0 Å². The van der Waals surface area contributed by atoms with Gasteiger partial charge in [-0.3, -0.25) is 19.3 Å². The Morgan fingerprint density at radius 1 is 1.07 bits per heavy atom. The first kappa shape index (κ1) is 19.5. The van der Waals surface area contributed by atoms with Crippen molar-refractivity contribution in [3.8, 4) is 0 Å². The molecule has 0 aromatic heterocycles. The Bertz CT molecular complexity index is 813. The minimum atomic E-state index is -0.982. The molecule has 1 aromatic rings.